The summed E-state index contributed by atoms with van der Waals surface area (Å²) in [6, 6.07) is 1.35. The smallest absolute Gasteiger partial charge is 0.0829 e. The molecule has 4 heteroatoms. The summed E-state index contributed by atoms with van der Waals surface area (Å²) in [4.78, 5) is 5.22. The topological polar surface area (TPSA) is 27.7 Å². The van der Waals surface area contributed by atoms with Crippen LogP contribution in [0.1, 0.15) is 40.0 Å². The Hall–Kier alpha value is -0.160. The summed E-state index contributed by atoms with van der Waals surface area (Å²) in [6.07, 6.45) is 4.28. The van der Waals surface area contributed by atoms with E-state index in [1.54, 1.807) is 0 Å². The highest BCUT2D eigenvalue weighted by Crippen LogP contribution is 2.15. The second-order valence-corrected chi connectivity index (χ2v) is 6.58. The molecule has 0 aromatic carbocycles. The van der Waals surface area contributed by atoms with E-state index in [1.165, 1.54) is 32.4 Å². The van der Waals surface area contributed by atoms with Crippen LogP contribution in [0.25, 0.3) is 0 Å². The second kappa shape index (κ2) is 8.32. The van der Waals surface area contributed by atoms with Gasteiger partial charge in [0.05, 0.1) is 12.7 Å². The van der Waals surface area contributed by atoms with Crippen molar-refractivity contribution >= 4 is 0 Å². The molecular weight excluding hydrogens is 250 g/mol. The largest absolute Gasteiger partial charge is 0.374 e. The van der Waals surface area contributed by atoms with Gasteiger partial charge < -0.3 is 10.1 Å². The minimum Gasteiger partial charge on any atom is -0.374 e. The Balaban J connectivity index is 1.86. The summed E-state index contributed by atoms with van der Waals surface area (Å²) in [5, 5.41) is 3.55. The number of ether oxygens (including phenoxy) is 1. The molecule has 0 bridgehead atoms. The van der Waals surface area contributed by atoms with Gasteiger partial charge in [0.2, 0.25) is 0 Å². The van der Waals surface area contributed by atoms with Gasteiger partial charge in [-0.05, 0) is 46.2 Å². The van der Waals surface area contributed by atoms with Crippen LogP contribution in [-0.2, 0) is 4.74 Å². The van der Waals surface area contributed by atoms with E-state index in [9.17, 15) is 0 Å². The minimum absolute atomic E-state index is 0.389. The molecule has 2 fully saturated rings. The zero-order valence-corrected chi connectivity index (χ0v) is 13.6. The molecular formula is C16H33N3O. The van der Waals surface area contributed by atoms with Crippen molar-refractivity contribution in [2.75, 3.05) is 45.9 Å². The van der Waals surface area contributed by atoms with Gasteiger partial charge in [-0.1, -0.05) is 6.92 Å². The average molecular weight is 283 g/mol. The lowest BCUT2D eigenvalue weighted by Crippen LogP contribution is -2.53. The predicted molar refractivity (Wildman–Crippen MR) is 84.2 cm³/mol. The SMILES string of the molecule is CCCN(CC1CN(C(C)C)CCO1)C1CCCNC1. The fraction of sp³-hybridized carbons (Fsp3) is 1.00. The third-order valence-electron chi connectivity index (χ3n) is 4.64. The van der Waals surface area contributed by atoms with Crippen LogP contribution in [0, 0.1) is 0 Å². The minimum atomic E-state index is 0.389. The number of nitrogens with one attached hydrogen (secondary N) is 1. The van der Waals surface area contributed by atoms with E-state index in [0.717, 1.165) is 32.8 Å². The van der Waals surface area contributed by atoms with Crippen molar-refractivity contribution in [3.8, 4) is 0 Å². The highest BCUT2D eigenvalue weighted by Gasteiger charge is 2.27. The Kier molecular flexibility index (Phi) is 6.75. The fourth-order valence-corrected chi connectivity index (χ4v) is 3.44. The van der Waals surface area contributed by atoms with Gasteiger partial charge in [-0.2, -0.15) is 0 Å². The first-order valence-electron chi connectivity index (χ1n) is 8.51. The first kappa shape index (κ1) is 16.2. The number of nitrogens with zero attached hydrogens (tertiary/aromatic N) is 2. The van der Waals surface area contributed by atoms with Crippen LogP contribution < -0.4 is 5.32 Å². The van der Waals surface area contributed by atoms with Crippen molar-refractivity contribution < 1.29 is 4.74 Å². The summed E-state index contributed by atoms with van der Waals surface area (Å²) in [7, 11) is 0. The molecule has 0 aliphatic carbocycles. The quantitative estimate of drug-likeness (QED) is 0.801. The van der Waals surface area contributed by atoms with Gasteiger partial charge in [-0.25, -0.2) is 0 Å². The molecule has 2 unspecified atom stereocenters. The Morgan fingerprint density at radius 2 is 2.25 bits per heavy atom. The summed E-state index contributed by atoms with van der Waals surface area (Å²) < 4.78 is 6.02. The van der Waals surface area contributed by atoms with Gasteiger partial charge in [0.25, 0.3) is 0 Å². The van der Waals surface area contributed by atoms with E-state index in [1.807, 2.05) is 0 Å². The van der Waals surface area contributed by atoms with Gasteiger partial charge in [0.15, 0.2) is 0 Å². The molecule has 0 radical (unpaired) electrons. The van der Waals surface area contributed by atoms with Gasteiger partial charge in [-0.15, -0.1) is 0 Å². The maximum atomic E-state index is 6.02. The van der Waals surface area contributed by atoms with Crippen molar-refractivity contribution in [2.45, 2.75) is 58.2 Å². The Morgan fingerprint density at radius 3 is 2.90 bits per heavy atom. The van der Waals surface area contributed by atoms with Crippen molar-refractivity contribution in [1.82, 2.24) is 15.1 Å². The number of rotatable bonds is 6. The van der Waals surface area contributed by atoms with Gasteiger partial charge >= 0.3 is 0 Å². The van der Waals surface area contributed by atoms with Crippen molar-refractivity contribution in [2.24, 2.45) is 0 Å². The molecule has 2 heterocycles. The first-order chi connectivity index (χ1) is 9.70. The summed E-state index contributed by atoms with van der Waals surface area (Å²) in [5.41, 5.74) is 0. The maximum absolute atomic E-state index is 6.02. The van der Waals surface area contributed by atoms with E-state index in [4.69, 9.17) is 4.74 Å². The molecule has 2 aliphatic rings. The van der Waals surface area contributed by atoms with Crippen LogP contribution in [0.2, 0.25) is 0 Å². The normalized spacial score (nSPS) is 29.2. The van der Waals surface area contributed by atoms with E-state index in [2.05, 4.69) is 35.9 Å². The summed E-state index contributed by atoms with van der Waals surface area (Å²) in [6.45, 7) is 14.6. The summed E-state index contributed by atoms with van der Waals surface area (Å²) >= 11 is 0. The molecule has 2 aliphatic heterocycles. The molecule has 0 saturated carbocycles. The number of hydrogen-bond acceptors (Lipinski definition) is 4. The predicted octanol–water partition coefficient (Wildman–Crippen LogP) is 1.56. The molecule has 4 nitrogen and oxygen atoms in total. The molecule has 1 N–H and O–H groups in total. The van der Waals surface area contributed by atoms with Crippen LogP contribution in [0.15, 0.2) is 0 Å². The lowest BCUT2D eigenvalue weighted by atomic mass is 10.0. The van der Waals surface area contributed by atoms with Gasteiger partial charge in [0.1, 0.15) is 0 Å². The zero-order valence-electron chi connectivity index (χ0n) is 13.6. The molecule has 0 amide bonds. The van der Waals surface area contributed by atoms with Crippen LogP contribution in [-0.4, -0.2) is 73.9 Å². The molecule has 118 valence electrons. The van der Waals surface area contributed by atoms with Crippen molar-refractivity contribution in [1.29, 1.82) is 0 Å². The third-order valence-corrected chi connectivity index (χ3v) is 4.64. The highest BCUT2D eigenvalue weighted by molar-refractivity contribution is 4.83. The molecule has 2 saturated heterocycles. The zero-order chi connectivity index (χ0) is 14.4. The number of morpholine rings is 1. The first-order valence-corrected chi connectivity index (χ1v) is 8.51. The van der Waals surface area contributed by atoms with Crippen LogP contribution in [0.4, 0.5) is 0 Å². The third kappa shape index (κ3) is 4.69. The second-order valence-electron chi connectivity index (χ2n) is 6.58. The van der Waals surface area contributed by atoms with Gasteiger partial charge in [-0.3, -0.25) is 9.80 Å². The Morgan fingerprint density at radius 1 is 1.40 bits per heavy atom. The lowest BCUT2D eigenvalue weighted by molar-refractivity contribution is -0.0579. The van der Waals surface area contributed by atoms with Crippen LogP contribution in [0.3, 0.4) is 0 Å². The summed E-state index contributed by atoms with van der Waals surface area (Å²) in [5.74, 6) is 0. The van der Waals surface area contributed by atoms with Crippen LogP contribution in [0.5, 0.6) is 0 Å². The monoisotopic (exact) mass is 283 g/mol. The van der Waals surface area contributed by atoms with Crippen molar-refractivity contribution in [3.63, 3.8) is 0 Å². The van der Waals surface area contributed by atoms with Gasteiger partial charge in [0, 0.05) is 38.3 Å². The van der Waals surface area contributed by atoms with E-state index in [0.29, 0.717) is 18.2 Å². The number of piperidine rings is 1. The Labute approximate surface area is 124 Å². The highest BCUT2D eigenvalue weighted by atomic mass is 16.5. The van der Waals surface area contributed by atoms with E-state index in [-0.39, 0.29) is 0 Å². The molecule has 0 spiro atoms. The molecule has 0 aromatic rings. The standard InChI is InChI=1S/C16H33N3O/c1-4-8-19(15-6-5-7-17-11-15)13-16-12-18(14(2)3)9-10-20-16/h14-17H,4-13H2,1-3H3. The molecule has 20 heavy (non-hydrogen) atoms. The van der Waals surface area contributed by atoms with Crippen molar-refractivity contribution in [3.05, 3.63) is 0 Å². The molecule has 2 atom stereocenters. The van der Waals surface area contributed by atoms with E-state index < -0.39 is 0 Å². The van der Waals surface area contributed by atoms with Crippen LogP contribution >= 0.6 is 0 Å². The molecule has 2 rings (SSSR count). The molecule has 0 aromatic heterocycles. The average Bonchev–Trinajstić information content (AvgIpc) is 2.48. The van der Waals surface area contributed by atoms with E-state index >= 15 is 0 Å². The lowest BCUT2D eigenvalue weighted by Gasteiger charge is -2.40. The maximum Gasteiger partial charge on any atom is 0.0829 e. The number of hydrogen-bond donors (Lipinski definition) is 1. The fourth-order valence-electron chi connectivity index (χ4n) is 3.44. The Bertz CT molecular complexity index is 266.